The quantitative estimate of drug-likeness (QED) is 0.216. The van der Waals surface area contributed by atoms with Crippen LogP contribution in [-0.4, -0.2) is 41.5 Å². The van der Waals surface area contributed by atoms with E-state index in [1.54, 1.807) is 10.7 Å². The van der Waals surface area contributed by atoms with Gasteiger partial charge in [0.15, 0.2) is 23.5 Å². The fourth-order valence-electron chi connectivity index (χ4n) is 4.57. The number of carbonyl (C=O) groups is 2. The topological polar surface area (TPSA) is 130 Å². The lowest BCUT2D eigenvalue weighted by atomic mass is 9.92. The van der Waals surface area contributed by atoms with Crippen LogP contribution in [0, 0.1) is 20.8 Å². The second-order valence-electron chi connectivity index (χ2n) is 9.43. The summed E-state index contributed by atoms with van der Waals surface area (Å²) in [6.07, 6.45) is 1.31. The Morgan fingerprint density at radius 3 is 2.28 bits per heavy atom. The first-order valence-corrected chi connectivity index (χ1v) is 12.4. The molecule has 39 heavy (non-hydrogen) atoms. The van der Waals surface area contributed by atoms with Crippen molar-refractivity contribution >= 4 is 23.0 Å². The summed E-state index contributed by atoms with van der Waals surface area (Å²) in [6, 6.07) is 16.3. The molecule has 0 saturated heterocycles. The van der Waals surface area contributed by atoms with Crippen LogP contribution in [0.15, 0.2) is 67.0 Å². The lowest BCUT2D eigenvalue weighted by Crippen LogP contribution is -2.15. The fourth-order valence-corrected chi connectivity index (χ4v) is 4.57. The summed E-state index contributed by atoms with van der Waals surface area (Å²) in [6.45, 7) is 7.38. The molecule has 0 radical (unpaired) electrons. The van der Waals surface area contributed by atoms with Crippen molar-refractivity contribution in [1.82, 2.24) is 19.6 Å². The summed E-state index contributed by atoms with van der Waals surface area (Å²) >= 11 is 0. The number of rotatable bonds is 6. The Morgan fingerprint density at radius 1 is 0.923 bits per heavy atom. The number of pyridine rings is 2. The molecular formula is C30H27N5O4. The van der Waals surface area contributed by atoms with Crippen molar-refractivity contribution < 1.29 is 19.8 Å². The van der Waals surface area contributed by atoms with E-state index in [1.807, 2.05) is 63.2 Å². The van der Waals surface area contributed by atoms with Crippen molar-refractivity contribution in [1.29, 1.82) is 0 Å². The number of hydrogen-bond acceptors (Lipinski definition) is 7. The van der Waals surface area contributed by atoms with E-state index in [9.17, 15) is 19.8 Å². The lowest BCUT2D eigenvalue weighted by molar-refractivity contribution is -0.0427. The highest BCUT2D eigenvalue weighted by Gasteiger charge is 2.17. The third-order valence-electron chi connectivity index (χ3n) is 6.79. The number of carbonyl (C=O) groups excluding carboxylic acids is 2. The SMILES string of the molecule is CC(=O)c1cc(C)c2nc(-c3cccc(-c4cccc(NC(=O)c5ccc(C(O)O)cn5)c4C)c3C)nn2c1. The number of amides is 1. The van der Waals surface area contributed by atoms with Gasteiger partial charge >= 0.3 is 0 Å². The Morgan fingerprint density at radius 2 is 1.62 bits per heavy atom. The minimum Gasteiger partial charge on any atom is -0.364 e. The highest BCUT2D eigenvalue weighted by atomic mass is 16.5. The molecule has 0 aliphatic heterocycles. The molecule has 0 bridgehead atoms. The maximum atomic E-state index is 12.8. The number of aliphatic hydroxyl groups is 2. The number of nitrogens with zero attached hydrogens (tertiary/aromatic N) is 4. The molecule has 0 atom stereocenters. The minimum atomic E-state index is -1.65. The van der Waals surface area contributed by atoms with Crippen LogP contribution in [-0.2, 0) is 0 Å². The van der Waals surface area contributed by atoms with E-state index in [1.165, 1.54) is 25.3 Å². The summed E-state index contributed by atoms with van der Waals surface area (Å²) in [5.74, 6) is 0.117. The largest absolute Gasteiger partial charge is 0.364 e. The van der Waals surface area contributed by atoms with Crippen LogP contribution in [0.1, 0.15) is 56.3 Å². The molecule has 0 fully saturated rings. The van der Waals surface area contributed by atoms with Gasteiger partial charge < -0.3 is 15.5 Å². The number of ketones is 1. The van der Waals surface area contributed by atoms with Crippen LogP contribution in [0.3, 0.4) is 0 Å². The smallest absolute Gasteiger partial charge is 0.274 e. The molecule has 9 nitrogen and oxygen atoms in total. The highest BCUT2D eigenvalue weighted by Crippen LogP contribution is 2.35. The number of Topliss-reactive ketones (excluding diaryl/α,β-unsaturated/α-hetero) is 1. The Kier molecular flexibility index (Phi) is 6.78. The highest BCUT2D eigenvalue weighted by molar-refractivity contribution is 6.04. The molecule has 5 rings (SSSR count). The van der Waals surface area contributed by atoms with E-state index in [0.29, 0.717) is 22.7 Å². The molecule has 1 amide bonds. The van der Waals surface area contributed by atoms with Gasteiger partial charge in [-0.2, -0.15) is 0 Å². The van der Waals surface area contributed by atoms with Crippen molar-refractivity contribution in [3.8, 4) is 22.5 Å². The van der Waals surface area contributed by atoms with Gasteiger partial charge in [0.05, 0.1) is 0 Å². The number of fused-ring (bicyclic) bond motifs is 1. The van der Waals surface area contributed by atoms with Gasteiger partial charge in [-0.3, -0.25) is 14.6 Å². The molecule has 3 aromatic heterocycles. The summed E-state index contributed by atoms with van der Waals surface area (Å²) in [5.41, 5.74) is 7.76. The average Bonchev–Trinajstić information content (AvgIpc) is 3.35. The van der Waals surface area contributed by atoms with Gasteiger partial charge in [0.1, 0.15) is 5.69 Å². The van der Waals surface area contributed by atoms with Crippen LogP contribution in [0.2, 0.25) is 0 Å². The molecule has 5 aromatic rings. The van der Waals surface area contributed by atoms with Gasteiger partial charge in [-0.25, -0.2) is 9.50 Å². The Bertz CT molecular complexity index is 1740. The van der Waals surface area contributed by atoms with Crippen LogP contribution in [0.5, 0.6) is 0 Å². The predicted octanol–water partition coefficient (Wildman–Crippen LogP) is 4.82. The van der Waals surface area contributed by atoms with Crippen LogP contribution in [0.4, 0.5) is 5.69 Å². The summed E-state index contributed by atoms with van der Waals surface area (Å²) in [7, 11) is 0. The van der Waals surface area contributed by atoms with Crippen molar-refractivity contribution in [3.05, 3.63) is 101 Å². The van der Waals surface area contributed by atoms with E-state index in [4.69, 9.17) is 4.98 Å². The molecular weight excluding hydrogens is 494 g/mol. The Balaban J connectivity index is 1.49. The summed E-state index contributed by atoms with van der Waals surface area (Å²) in [4.78, 5) is 33.5. The molecule has 0 aliphatic carbocycles. The molecule has 0 saturated carbocycles. The van der Waals surface area contributed by atoms with Crippen molar-refractivity contribution in [2.24, 2.45) is 0 Å². The third kappa shape index (κ3) is 4.93. The van der Waals surface area contributed by atoms with Crippen molar-refractivity contribution in [2.45, 2.75) is 34.0 Å². The van der Waals surface area contributed by atoms with Gasteiger partial charge in [-0.15, -0.1) is 5.10 Å². The standard InChI is InChI=1S/C30H27N5O4/c1-16-13-21(19(4)36)15-35-28(16)33-27(34-35)24-9-5-7-22(17(24)2)23-8-6-10-25(18(23)3)32-29(37)26-12-11-20(14-31-26)30(38)39/h5-15,30,38-39H,1-4H3,(H,32,37). The zero-order chi connectivity index (χ0) is 27.8. The third-order valence-corrected chi connectivity index (χ3v) is 6.79. The summed E-state index contributed by atoms with van der Waals surface area (Å²) in [5, 5.41) is 26.1. The second kappa shape index (κ2) is 10.2. The van der Waals surface area contributed by atoms with Crippen LogP contribution in [0.25, 0.3) is 28.2 Å². The van der Waals surface area contributed by atoms with E-state index in [-0.39, 0.29) is 17.0 Å². The molecule has 196 valence electrons. The average molecular weight is 522 g/mol. The summed E-state index contributed by atoms with van der Waals surface area (Å²) < 4.78 is 1.65. The van der Waals surface area contributed by atoms with Crippen molar-refractivity contribution in [2.75, 3.05) is 5.32 Å². The molecule has 3 heterocycles. The normalized spacial score (nSPS) is 11.3. The Labute approximate surface area is 224 Å². The molecule has 0 aliphatic rings. The number of aromatic nitrogens is 4. The van der Waals surface area contributed by atoms with Gasteiger partial charge in [0.25, 0.3) is 5.91 Å². The monoisotopic (exact) mass is 521 g/mol. The van der Waals surface area contributed by atoms with Gasteiger partial charge in [0.2, 0.25) is 0 Å². The molecule has 0 spiro atoms. The first-order chi connectivity index (χ1) is 18.6. The number of benzene rings is 2. The van der Waals surface area contributed by atoms with E-state index in [0.717, 1.165) is 33.4 Å². The lowest BCUT2D eigenvalue weighted by Gasteiger charge is -2.15. The maximum Gasteiger partial charge on any atom is 0.274 e. The van der Waals surface area contributed by atoms with Gasteiger partial charge in [0, 0.05) is 34.8 Å². The maximum absolute atomic E-state index is 12.8. The second-order valence-corrected chi connectivity index (χ2v) is 9.43. The van der Waals surface area contributed by atoms with Gasteiger partial charge in [-0.05, 0) is 73.7 Å². The molecule has 9 heteroatoms. The fraction of sp³-hybridized carbons (Fsp3) is 0.167. The number of aryl methyl sites for hydroxylation is 1. The number of hydrogen-bond donors (Lipinski definition) is 3. The first-order valence-electron chi connectivity index (χ1n) is 12.4. The number of anilines is 1. The zero-order valence-electron chi connectivity index (χ0n) is 21.9. The zero-order valence-corrected chi connectivity index (χ0v) is 21.9. The Hall–Kier alpha value is -4.73. The predicted molar refractivity (Wildman–Crippen MR) is 147 cm³/mol. The minimum absolute atomic E-state index is 0.0329. The number of aliphatic hydroxyl groups excluding tert-OH is 1. The molecule has 0 unspecified atom stereocenters. The first kappa shape index (κ1) is 25.9. The van der Waals surface area contributed by atoms with Crippen LogP contribution < -0.4 is 5.32 Å². The van der Waals surface area contributed by atoms with Crippen molar-refractivity contribution in [3.63, 3.8) is 0 Å². The van der Waals surface area contributed by atoms with Gasteiger partial charge in [-0.1, -0.05) is 36.4 Å². The number of nitrogens with one attached hydrogen (secondary N) is 1. The molecule has 2 aromatic carbocycles. The van der Waals surface area contributed by atoms with E-state index < -0.39 is 12.2 Å². The van der Waals surface area contributed by atoms with Crippen LogP contribution >= 0.6 is 0 Å². The van der Waals surface area contributed by atoms with E-state index in [2.05, 4.69) is 15.4 Å². The molecule has 3 N–H and O–H groups in total. The van der Waals surface area contributed by atoms with E-state index >= 15 is 0 Å².